The van der Waals surface area contributed by atoms with Gasteiger partial charge in [0.1, 0.15) is 6.54 Å². The highest BCUT2D eigenvalue weighted by molar-refractivity contribution is 5.82. The normalized spacial score (nSPS) is 19.0. The molecule has 1 aromatic carbocycles. The summed E-state index contributed by atoms with van der Waals surface area (Å²) in [5, 5.41) is 16.3. The first-order valence-corrected chi connectivity index (χ1v) is 7.78. The van der Waals surface area contributed by atoms with E-state index in [4.69, 9.17) is 9.47 Å². The van der Waals surface area contributed by atoms with Gasteiger partial charge < -0.3 is 30.1 Å². The summed E-state index contributed by atoms with van der Waals surface area (Å²) in [6.07, 6.45) is 1.91. The lowest BCUT2D eigenvalue weighted by atomic mass is 9.85. The third-order valence-electron chi connectivity index (χ3n) is 4.62. The van der Waals surface area contributed by atoms with Gasteiger partial charge in [-0.15, -0.1) is 0 Å². The summed E-state index contributed by atoms with van der Waals surface area (Å²) in [6, 6.07) is 3.74. The second kappa shape index (κ2) is 6.16. The summed E-state index contributed by atoms with van der Waals surface area (Å²) in [7, 11) is 3.18. The van der Waals surface area contributed by atoms with Crippen molar-refractivity contribution in [3.63, 3.8) is 0 Å². The summed E-state index contributed by atoms with van der Waals surface area (Å²) in [6.45, 7) is 2.50. The van der Waals surface area contributed by atoms with Gasteiger partial charge >= 0.3 is 5.97 Å². The molecule has 0 aliphatic carbocycles. The highest BCUT2D eigenvalue weighted by Gasteiger charge is 2.39. The van der Waals surface area contributed by atoms with Crippen molar-refractivity contribution in [3.8, 4) is 11.5 Å². The van der Waals surface area contributed by atoms with Gasteiger partial charge in [0, 0.05) is 18.7 Å². The molecule has 2 heterocycles. The maximum atomic E-state index is 11.3. The highest BCUT2D eigenvalue weighted by Crippen LogP contribution is 2.44. The first kappa shape index (κ1) is 15.7. The van der Waals surface area contributed by atoms with Crippen LogP contribution in [0.4, 0.5) is 11.4 Å². The monoisotopic (exact) mass is 321 g/mol. The molecule has 3 rings (SSSR count). The fourth-order valence-electron chi connectivity index (χ4n) is 3.50. The van der Waals surface area contributed by atoms with Crippen LogP contribution in [0.5, 0.6) is 11.5 Å². The van der Waals surface area contributed by atoms with Crippen LogP contribution in [-0.2, 0) is 4.79 Å². The van der Waals surface area contributed by atoms with E-state index in [2.05, 4.69) is 10.6 Å². The molecule has 0 saturated carbocycles. The second-order valence-electron chi connectivity index (χ2n) is 6.13. The second-order valence-corrected chi connectivity index (χ2v) is 6.13. The van der Waals surface area contributed by atoms with Crippen molar-refractivity contribution in [1.82, 2.24) is 5.32 Å². The van der Waals surface area contributed by atoms with Crippen LogP contribution < -0.4 is 25.0 Å². The molecule has 0 unspecified atom stereocenters. The van der Waals surface area contributed by atoms with E-state index < -0.39 is 5.97 Å². The number of piperidine rings is 1. The molecule has 7 heteroatoms. The Morgan fingerprint density at radius 2 is 1.91 bits per heavy atom. The van der Waals surface area contributed by atoms with Crippen molar-refractivity contribution in [1.29, 1.82) is 0 Å². The number of carbonyl (C=O) groups is 1. The Morgan fingerprint density at radius 3 is 2.52 bits per heavy atom. The van der Waals surface area contributed by atoms with Gasteiger partial charge in [-0.25, -0.2) is 0 Å². The molecule has 1 saturated heterocycles. The fraction of sp³-hybridized carbons (Fsp3) is 0.562. The highest BCUT2D eigenvalue weighted by atomic mass is 16.5. The summed E-state index contributed by atoms with van der Waals surface area (Å²) < 4.78 is 10.7. The first-order valence-electron chi connectivity index (χ1n) is 7.78. The molecule has 1 fully saturated rings. The first-order chi connectivity index (χ1) is 11.1. The standard InChI is InChI=1S/C16H23N3O4/c1-22-13-7-11-12(8-14(13)23-2)19(9-15(20)21)10-16(18-11)3-5-17-6-4-16/h7-8,17-18H,3-6,9-10H2,1-2H3,(H,20,21). The minimum Gasteiger partial charge on any atom is -0.493 e. The molecule has 1 aromatic rings. The van der Waals surface area contributed by atoms with Crippen molar-refractivity contribution in [2.75, 3.05) is 50.6 Å². The Kier molecular flexibility index (Phi) is 4.21. The number of carboxylic acid groups (broad SMARTS) is 1. The molecule has 0 aromatic heterocycles. The minimum atomic E-state index is -0.836. The third-order valence-corrected chi connectivity index (χ3v) is 4.62. The number of hydrogen-bond acceptors (Lipinski definition) is 6. The lowest BCUT2D eigenvalue weighted by Gasteiger charge is -2.47. The largest absolute Gasteiger partial charge is 0.493 e. The number of anilines is 2. The Labute approximate surface area is 135 Å². The Bertz CT molecular complexity index is 599. The molecule has 1 spiro atoms. The topological polar surface area (TPSA) is 83.1 Å². The zero-order valence-corrected chi connectivity index (χ0v) is 13.5. The van der Waals surface area contributed by atoms with Gasteiger partial charge in [0.15, 0.2) is 11.5 Å². The van der Waals surface area contributed by atoms with Crippen LogP contribution in [-0.4, -0.2) is 57.0 Å². The molecular formula is C16H23N3O4. The van der Waals surface area contributed by atoms with E-state index in [0.29, 0.717) is 18.0 Å². The smallest absolute Gasteiger partial charge is 0.323 e. The number of carboxylic acids is 1. The number of hydrogen-bond donors (Lipinski definition) is 3. The van der Waals surface area contributed by atoms with Crippen LogP contribution in [0.15, 0.2) is 12.1 Å². The van der Waals surface area contributed by atoms with Gasteiger partial charge in [0.2, 0.25) is 0 Å². The average molecular weight is 321 g/mol. The SMILES string of the molecule is COc1cc2c(cc1OC)N(CC(=O)O)CC1(CCNCC1)N2. The third kappa shape index (κ3) is 3.01. The molecular weight excluding hydrogens is 298 g/mol. The van der Waals surface area contributed by atoms with Crippen molar-refractivity contribution in [2.24, 2.45) is 0 Å². The van der Waals surface area contributed by atoms with Crippen molar-refractivity contribution in [3.05, 3.63) is 12.1 Å². The van der Waals surface area contributed by atoms with Gasteiger partial charge in [-0.3, -0.25) is 4.79 Å². The van der Waals surface area contributed by atoms with Gasteiger partial charge in [-0.1, -0.05) is 0 Å². The minimum absolute atomic E-state index is 0.0284. The number of fused-ring (bicyclic) bond motifs is 1. The van der Waals surface area contributed by atoms with Crippen molar-refractivity contribution in [2.45, 2.75) is 18.4 Å². The van der Waals surface area contributed by atoms with E-state index in [0.717, 1.165) is 37.3 Å². The Hall–Kier alpha value is -2.15. The van der Waals surface area contributed by atoms with E-state index >= 15 is 0 Å². The molecule has 0 atom stereocenters. The number of methoxy groups -OCH3 is 2. The van der Waals surface area contributed by atoms with E-state index in [-0.39, 0.29) is 12.1 Å². The zero-order chi connectivity index (χ0) is 16.4. The fourth-order valence-corrected chi connectivity index (χ4v) is 3.50. The molecule has 3 N–H and O–H groups in total. The number of ether oxygens (including phenoxy) is 2. The quantitative estimate of drug-likeness (QED) is 0.767. The maximum Gasteiger partial charge on any atom is 0.323 e. The van der Waals surface area contributed by atoms with Crippen LogP contribution in [0.3, 0.4) is 0 Å². The summed E-state index contributed by atoms with van der Waals surface area (Å²) in [5.74, 6) is 0.404. The Balaban J connectivity index is 2.02. The summed E-state index contributed by atoms with van der Waals surface area (Å²) in [5.41, 5.74) is 1.64. The lowest BCUT2D eigenvalue weighted by Crippen LogP contribution is -2.58. The maximum absolute atomic E-state index is 11.3. The predicted octanol–water partition coefficient (Wildman–Crippen LogP) is 1.14. The zero-order valence-electron chi connectivity index (χ0n) is 13.5. The summed E-state index contributed by atoms with van der Waals surface area (Å²) in [4.78, 5) is 13.2. The van der Waals surface area contributed by atoms with Gasteiger partial charge in [-0.2, -0.15) is 0 Å². The van der Waals surface area contributed by atoms with Crippen molar-refractivity contribution < 1.29 is 19.4 Å². The van der Waals surface area contributed by atoms with Gasteiger partial charge in [-0.05, 0) is 25.9 Å². The molecule has 23 heavy (non-hydrogen) atoms. The Morgan fingerprint density at radius 1 is 1.26 bits per heavy atom. The molecule has 2 aliphatic heterocycles. The number of aliphatic carboxylic acids is 1. The van der Waals surface area contributed by atoms with Crippen LogP contribution in [0.25, 0.3) is 0 Å². The van der Waals surface area contributed by atoms with Crippen molar-refractivity contribution >= 4 is 17.3 Å². The number of nitrogens with zero attached hydrogens (tertiary/aromatic N) is 1. The summed E-state index contributed by atoms with van der Waals surface area (Å²) >= 11 is 0. The van der Waals surface area contributed by atoms with E-state index in [1.54, 1.807) is 14.2 Å². The van der Waals surface area contributed by atoms with E-state index in [1.165, 1.54) is 0 Å². The molecule has 2 aliphatic rings. The average Bonchev–Trinajstić information content (AvgIpc) is 2.53. The number of nitrogens with one attached hydrogen (secondary N) is 2. The van der Waals surface area contributed by atoms with E-state index in [1.807, 2.05) is 17.0 Å². The molecule has 0 bridgehead atoms. The number of rotatable bonds is 4. The van der Waals surface area contributed by atoms with Gasteiger partial charge in [0.25, 0.3) is 0 Å². The number of benzene rings is 1. The molecule has 7 nitrogen and oxygen atoms in total. The van der Waals surface area contributed by atoms with Crippen LogP contribution >= 0.6 is 0 Å². The lowest BCUT2D eigenvalue weighted by molar-refractivity contribution is -0.135. The molecule has 0 amide bonds. The van der Waals surface area contributed by atoms with Crippen LogP contribution in [0.1, 0.15) is 12.8 Å². The molecule has 126 valence electrons. The molecule has 0 radical (unpaired) electrons. The van der Waals surface area contributed by atoms with Gasteiger partial charge in [0.05, 0.1) is 31.1 Å². The predicted molar refractivity (Wildman–Crippen MR) is 87.9 cm³/mol. The van der Waals surface area contributed by atoms with Crippen LogP contribution in [0.2, 0.25) is 0 Å². The van der Waals surface area contributed by atoms with E-state index in [9.17, 15) is 9.90 Å². The van der Waals surface area contributed by atoms with Crippen LogP contribution in [0, 0.1) is 0 Å².